The summed E-state index contributed by atoms with van der Waals surface area (Å²) in [6, 6.07) is 13.5. The molecule has 0 N–H and O–H groups in total. The van der Waals surface area contributed by atoms with Crippen LogP contribution in [0.15, 0.2) is 53.4 Å². The third-order valence-electron chi connectivity index (χ3n) is 3.64. The van der Waals surface area contributed by atoms with Gasteiger partial charge in [-0.05, 0) is 10.5 Å². The van der Waals surface area contributed by atoms with E-state index in [1.807, 2.05) is 0 Å². The fourth-order valence-electron chi connectivity index (χ4n) is 2.73. The van der Waals surface area contributed by atoms with Gasteiger partial charge >= 0.3 is 0 Å². The number of benzene rings is 2. The van der Waals surface area contributed by atoms with Crippen molar-refractivity contribution in [3.05, 3.63) is 65.2 Å². The Bertz CT molecular complexity index is 846. The van der Waals surface area contributed by atoms with Crippen molar-refractivity contribution < 1.29 is 18.0 Å². The molecule has 5 nitrogen and oxygen atoms in total. The molecule has 0 aliphatic carbocycles. The second kappa shape index (κ2) is 3.54. The first-order valence-electron chi connectivity index (χ1n) is 6.01. The molecule has 2 aliphatic heterocycles. The fourth-order valence-corrected chi connectivity index (χ4v) is 4.38. The molecule has 1 fully saturated rings. The van der Waals surface area contributed by atoms with Crippen molar-refractivity contribution in [1.29, 1.82) is 0 Å². The Balaban J connectivity index is 2.04. The molecule has 0 saturated carbocycles. The van der Waals surface area contributed by atoms with Crippen LogP contribution < -0.4 is 0 Å². The zero-order valence-corrected chi connectivity index (χ0v) is 11.0. The number of fused-ring (bicyclic) bond motifs is 3. The predicted octanol–water partition coefficient (Wildman–Crippen LogP) is 1.65. The van der Waals surface area contributed by atoms with Crippen molar-refractivity contribution in [3.63, 3.8) is 0 Å². The summed E-state index contributed by atoms with van der Waals surface area (Å²) in [5.74, 6) is 0. The Kier molecular flexibility index (Phi) is 2.09. The molecule has 4 rings (SSSR count). The molecule has 1 unspecified atom stereocenters. The van der Waals surface area contributed by atoms with Crippen LogP contribution in [0.25, 0.3) is 0 Å². The van der Waals surface area contributed by atoms with E-state index in [4.69, 9.17) is 4.84 Å². The Morgan fingerprint density at radius 2 is 1.65 bits per heavy atom. The quantitative estimate of drug-likeness (QED) is 0.622. The lowest BCUT2D eigenvalue weighted by atomic mass is 9.93. The van der Waals surface area contributed by atoms with E-state index in [2.05, 4.69) is 0 Å². The molecular formula is C14H9NO4S. The first-order chi connectivity index (χ1) is 9.62. The van der Waals surface area contributed by atoms with E-state index in [0.717, 1.165) is 4.47 Å². The van der Waals surface area contributed by atoms with Gasteiger partial charge in [0.05, 0.1) is 4.90 Å². The second-order valence-electron chi connectivity index (χ2n) is 4.67. The maximum atomic E-state index is 12.3. The van der Waals surface area contributed by atoms with Crippen molar-refractivity contribution in [2.45, 2.75) is 10.6 Å². The number of rotatable bonds is 2. The molecule has 6 heteroatoms. The number of aldehydes is 1. The van der Waals surface area contributed by atoms with Crippen molar-refractivity contribution in [2.24, 2.45) is 0 Å². The van der Waals surface area contributed by atoms with Crippen molar-refractivity contribution >= 4 is 16.3 Å². The molecular weight excluding hydrogens is 278 g/mol. The van der Waals surface area contributed by atoms with Crippen LogP contribution in [-0.4, -0.2) is 19.2 Å². The van der Waals surface area contributed by atoms with E-state index in [1.165, 1.54) is 0 Å². The average molecular weight is 287 g/mol. The second-order valence-corrected chi connectivity index (χ2v) is 6.39. The van der Waals surface area contributed by atoms with Gasteiger partial charge in [0, 0.05) is 16.7 Å². The number of hydrogen-bond donors (Lipinski definition) is 0. The maximum absolute atomic E-state index is 12.3. The molecule has 2 aliphatic rings. The molecule has 1 saturated heterocycles. The summed E-state index contributed by atoms with van der Waals surface area (Å²) >= 11 is 0. The van der Waals surface area contributed by atoms with Crippen LogP contribution in [0.1, 0.15) is 21.5 Å². The first kappa shape index (κ1) is 11.8. The topological polar surface area (TPSA) is 66.8 Å². The number of carbonyl (C=O) groups excluding carboxylic acids is 1. The molecule has 0 aromatic heterocycles. The lowest BCUT2D eigenvalue weighted by Crippen LogP contribution is -2.15. The van der Waals surface area contributed by atoms with Crippen LogP contribution in [0.2, 0.25) is 0 Å². The molecule has 2 aromatic carbocycles. The minimum absolute atomic E-state index is 0.229. The Morgan fingerprint density at radius 1 is 1.00 bits per heavy atom. The van der Waals surface area contributed by atoms with Crippen LogP contribution in [0.4, 0.5) is 0 Å². The lowest BCUT2D eigenvalue weighted by Gasteiger charge is -2.10. The van der Waals surface area contributed by atoms with E-state index >= 15 is 0 Å². The largest absolute Gasteiger partial charge is 0.298 e. The molecule has 2 aromatic rings. The third-order valence-corrected chi connectivity index (χ3v) is 5.32. The Hall–Kier alpha value is -2.02. The minimum Gasteiger partial charge on any atom is -0.298 e. The van der Waals surface area contributed by atoms with Crippen molar-refractivity contribution in [1.82, 2.24) is 4.47 Å². The standard InChI is InChI=1S/C14H9NO4S/c16-9-10-5-1-2-6-11(10)14-12-7-3-4-8-13(12)20(17,18)15(14)19-14/h1-9H/t14-,15?/m0/s1. The number of nitrogens with zero attached hydrogens (tertiary/aromatic N) is 1. The van der Waals surface area contributed by atoms with Crippen LogP contribution in [0, 0.1) is 0 Å². The normalized spacial score (nSPS) is 28.5. The molecule has 0 spiro atoms. The molecule has 2 atom stereocenters. The smallest absolute Gasteiger partial charge is 0.269 e. The average Bonchev–Trinajstić information content (AvgIpc) is 3.21. The van der Waals surface area contributed by atoms with Crippen LogP contribution >= 0.6 is 0 Å². The number of sulfonamides is 1. The van der Waals surface area contributed by atoms with Gasteiger partial charge in [0.2, 0.25) is 5.72 Å². The van der Waals surface area contributed by atoms with Gasteiger partial charge in [0.25, 0.3) is 10.0 Å². The SMILES string of the molecule is O=Cc1ccccc1[C@@]12ON1S(=O)(=O)c1ccccc12. The summed E-state index contributed by atoms with van der Waals surface area (Å²) in [5.41, 5.74) is 0.340. The molecule has 20 heavy (non-hydrogen) atoms. The van der Waals surface area contributed by atoms with E-state index < -0.39 is 15.7 Å². The van der Waals surface area contributed by atoms with Gasteiger partial charge < -0.3 is 0 Å². The summed E-state index contributed by atoms with van der Waals surface area (Å²) in [6.07, 6.45) is 0.706. The van der Waals surface area contributed by atoms with Gasteiger partial charge in [0.15, 0.2) is 6.29 Å². The van der Waals surface area contributed by atoms with E-state index in [9.17, 15) is 13.2 Å². The van der Waals surface area contributed by atoms with Gasteiger partial charge in [-0.1, -0.05) is 42.5 Å². The molecule has 0 amide bonds. The Labute approximate surface area is 115 Å². The highest BCUT2D eigenvalue weighted by atomic mass is 32.2. The highest BCUT2D eigenvalue weighted by Crippen LogP contribution is 2.60. The lowest BCUT2D eigenvalue weighted by molar-refractivity contribution is 0.112. The first-order valence-corrected chi connectivity index (χ1v) is 7.45. The van der Waals surface area contributed by atoms with E-state index in [1.54, 1.807) is 48.5 Å². The third kappa shape index (κ3) is 1.19. The molecule has 0 radical (unpaired) electrons. The molecule has 100 valence electrons. The maximum Gasteiger partial charge on any atom is 0.269 e. The van der Waals surface area contributed by atoms with Crippen LogP contribution in [0.3, 0.4) is 0 Å². The van der Waals surface area contributed by atoms with Gasteiger partial charge in [-0.2, -0.15) is 0 Å². The Morgan fingerprint density at radius 3 is 2.40 bits per heavy atom. The highest BCUT2D eigenvalue weighted by Gasteiger charge is 2.72. The summed E-state index contributed by atoms with van der Waals surface area (Å²) in [6.45, 7) is 0. The molecule has 2 heterocycles. The van der Waals surface area contributed by atoms with Crippen molar-refractivity contribution in [2.75, 3.05) is 0 Å². The van der Waals surface area contributed by atoms with Gasteiger partial charge in [-0.25, -0.2) is 13.3 Å². The summed E-state index contributed by atoms with van der Waals surface area (Å²) in [5, 5.41) is 0. The van der Waals surface area contributed by atoms with Gasteiger partial charge in [0.1, 0.15) is 0 Å². The van der Waals surface area contributed by atoms with Crippen molar-refractivity contribution in [3.8, 4) is 0 Å². The summed E-state index contributed by atoms with van der Waals surface area (Å²) in [4.78, 5) is 16.8. The summed E-state index contributed by atoms with van der Waals surface area (Å²) < 4.78 is 25.6. The van der Waals surface area contributed by atoms with Gasteiger partial charge in [-0.15, -0.1) is 0 Å². The number of hydroxylamine groups is 1. The number of carbonyl (C=O) groups is 1. The zero-order valence-electron chi connectivity index (χ0n) is 10.2. The molecule has 0 bridgehead atoms. The minimum atomic E-state index is -3.65. The zero-order chi connectivity index (χ0) is 14.0. The fraction of sp³-hybridized carbons (Fsp3) is 0.0714. The van der Waals surface area contributed by atoms with Gasteiger partial charge in [-0.3, -0.25) is 4.79 Å². The van der Waals surface area contributed by atoms with Crippen LogP contribution in [-0.2, 0) is 20.6 Å². The van der Waals surface area contributed by atoms with E-state index in [0.29, 0.717) is 23.0 Å². The monoisotopic (exact) mass is 287 g/mol. The predicted molar refractivity (Wildman–Crippen MR) is 69.2 cm³/mol. The number of hydrogen-bond acceptors (Lipinski definition) is 4. The van der Waals surface area contributed by atoms with E-state index in [-0.39, 0.29) is 4.90 Å². The summed E-state index contributed by atoms with van der Waals surface area (Å²) in [7, 11) is -3.65. The highest BCUT2D eigenvalue weighted by molar-refractivity contribution is 7.89. The van der Waals surface area contributed by atoms with Crippen LogP contribution in [0.5, 0.6) is 0 Å².